The van der Waals surface area contributed by atoms with Crippen LogP contribution in [0.4, 0.5) is 0 Å². The van der Waals surface area contributed by atoms with Gasteiger partial charge in [-0.25, -0.2) is 0 Å². The molecule has 1 atom stereocenters. The summed E-state index contributed by atoms with van der Waals surface area (Å²) in [6.45, 7) is 6.79. The van der Waals surface area contributed by atoms with Crippen molar-refractivity contribution in [3.8, 4) is 0 Å². The fourth-order valence-electron chi connectivity index (χ4n) is 1.52. The normalized spacial score (nSPS) is 12.8. The maximum absolute atomic E-state index is 2.34. The summed E-state index contributed by atoms with van der Waals surface area (Å²) in [6.07, 6.45) is 3.65. The molecule has 0 heteroatoms. The highest BCUT2D eigenvalue weighted by atomic mass is 14.1. The zero-order chi connectivity index (χ0) is 9.68. The number of hydrogen-bond acceptors (Lipinski definition) is 0. The minimum Gasteiger partial charge on any atom is -0.0651 e. The molecule has 0 saturated heterocycles. The number of benzene rings is 1. The minimum atomic E-state index is 0.812. The van der Waals surface area contributed by atoms with Crippen molar-refractivity contribution in [3.63, 3.8) is 0 Å². The van der Waals surface area contributed by atoms with E-state index in [2.05, 4.69) is 45.0 Å². The molecule has 0 aliphatic rings. The standard InChI is InChI=1S/C13H20/c1-4-11(3)9-13-8-6-7-12(5-2)10-13/h6-8,10-11H,4-5,9H2,1-3H3. The molecule has 0 saturated carbocycles. The van der Waals surface area contributed by atoms with Gasteiger partial charge in [-0.05, 0) is 29.9 Å². The molecule has 0 bridgehead atoms. The van der Waals surface area contributed by atoms with Gasteiger partial charge < -0.3 is 0 Å². The first kappa shape index (κ1) is 10.3. The number of hydrogen-bond donors (Lipinski definition) is 0. The molecule has 0 nitrogen and oxygen atoms in total. The van der Waals surface area contributed by atoms with Crippen LogP contribution in [-0.4, -0.2) is 0 Å². The average Bonchev–Trinajstić information content (AvgIpc) is 2.18. The Kier molecular flexibility index (Phi) is 4.01. The molecule has 0 heterocycles. The predicted molar refractivity (Wildman–Crippen MR) is 59.0 cm³/mol. The second-order valence-corrected chi connectivity index (χ2v) is 3.89. The first-order valence-electron chi connectivity index (χ1n) is 5.34. The molecular weight excluding hydrogens is 156 g/mol. The lowest BCUT2D eigenvalue weighted by molar-refractivity contribution is 0.560. The van der Waals surface area contributed by atoms with Crippen LogP contribution in [0.1, 0.15) is 38.3 Å². The third-order valence-electron chi connectivity index (χ3n) is 2.68. The zero-order valence-corrected chi connectivity index (χ0v) is 9.01. The van der Waals surface area contributed by atoms with Crippen LogP contribution in [0.25, 0.3) is 0 Å². The molecule has 13 heavy (non-hydrogen) atoms. The quantitative estimate of drug-likeness (QED) is 0.654. The molecule has 1 aromatic rings. The first-order chi connectivity index (χ1) is 6.26. The van der Waals surface area contributed by atoms with Crippen LogP contribution >= 0.6 is 0 Å². The van der Waals surface area contributed by atoms with Gasteiger partial charge in [0, 0.05) is 0 Å². The number of aryl methyl sites for hydroxylation is 1. The third-order valence-corrected chi connectivity index (χ3v) is 2.68. The van der Waals surface area contributed by atoms with Crippen LogP contribution in [0.2, 0.25) is 0 Å². The maximum Gasteiger partial charge on any atom is -0.0253 e. The SMILES string of the molecule is CCc1cccc(CC(C)CC)c1. The summed E-state index contributed by atoms with van der Waals surface area (Å²) in [4.78, 5) is 0. The largest absolute Gasteiger partial charge is 0.0651 e. The molecule has 1 aromatic carbocycles. The van der Waals surface area contributed by atoms with Gasteiger partial charge in [-0.2, -0.15) is 0 Å². The highest BCUT2D eigenvalue weighted by molar-refractivity contribution is 5.23. The summed E-state index contributed by atoms with van der Waals surface area (Å²) in [6, 6.07) is 8.97. The molecule has 0 aliphatic heterocycles. The van der Waals surface area contributed by atoms with Crippen LogP contribution in [0.15, 0.2) is 24.3 Å². The molecule has 1 unspecified atom stereocenters. The predicted octanol–water partition coefficient (Wildman–Crippen LogP) is 3.84. The fraction of sp³-hybridized carbons (Fsp3) is 0.538. The van der Waals surface area contributed by atoms with E-state index < -0.39 is 0 Å². The lowest BCUT2D eigenvalue weighted by Gasteiger charge is -2.08. The second-order valence-electron chi connectivity index (χ2n) is 3.89. The van der Waals surface area contributed by atoms with Crippen molar-refractivity contribution in [2.75, 3.05) is 0 Å². The van der Waals surface area contributed by atoms with Gasteiger partial charge in [0.1, 0.15) is 0 Å². The molecule has 0 amide bonds. The van der Waals surface area contributed by atoms with E-state index in [4.69, 9.17) is 0 Å². The van der Waals surface area contributed by atoms with Gasteiger partial charge in [-0.15, -0.1) is 0 Å². The Morgan fingerprint density at radius 2 is 1.85 bits per heavy atom. The van der Waals surface area contributed by atoms with E-state index in [-0.39, 0.29) is 0 Å². The zero-order valence-electron chi connectivity index (χ0n) is 9.01. The van der Waals surface area contributed by atoms with Gasteiger partial charge in [-0.1, -0.05) is 51.5 Å². The highest BCUT2D eigenvalue weighted by Gasteiger charge is 2.00. The third kappa shape index (κ3) is 3.22. The van der Waals surface area contributed by atoms with Crippen LogP contribution < -0.4 is 0 Å². The lowest BCUT2D eigenvalue weighted by atomic mass is 9.97. The smallest absolute Gasteiger partial charge is 0.0253 e. The molecule has 0 radical (unpaired) electrons. The Morgan fingerprint density at radius 3 is 2.46 bits per heavy atom. The van der Waals surface area contributed by atoms with Crippen molar-refractivity contribution in [1.82, 2.24) is 0 Å². The van der Waals surface area contributed by atoms with Gasteiger partial charge in [0.15, 0.2) is 0 Å². The van der Waals surface area contributed by atoms with Crippen molar-refractivity contribution in [3.05, 3.63) is 35.4 Å². The fourth-order valence-corrected chi connectivity index (χ4v) is 1.52. The summed E-state index contributed by atoms with van der Waals surface area (Å²) >= 11 is 0. The summed E-state index contributed by atoms with van der Waals surface area (Å²) in [5.74, 6) is 0.812. The second kappa shape index (κ2) is 5.06. The molecule has 0 N–H and O–H groups in total. The Hall–Kier alpha value is -0.780. The summed E-state index contributed by atoms with van der Waals surface area (Å²) in [5.41, 5.74) is 2.95. The first-order valence-corrected chi connectivity index (χ1v) is 5.34. The van der Waals surface area contributed by atoms with Crippen LogP contribution in [-0.2, 0) is 12.8 Å². The molecule has 0 aliphatic carbocycles. The Bertz CT molecular complexity index is 250. The molecule has 0 spiro atoms. The van der Waals surface area contributed by atoms with Crippen LogP contribution in [0, 0.1) is 5.92 Å². The molecule has 72 valence electrons. The van der Waals surface area contributed by atoms with Gasteiger partial charge in [0.25, 0.3) is 0 Å². The summed E-state index contributed by atoms with van der Waals surface area (Å²) < 4.78 is 0. The maximum atomic E-state index is 2.34. The van der Waals surface area contributed by atoms with E-state index in [0.717, 1.165) is 12.3 Å². The van der Waals surface area contributed by atoms with Crippen molar-refractivity contribution in [2.24, 2.45) is 5.92 Å². The summed E-state index contributed by atoms with van der Waals surface area (Å²) in [7, 11) is 0. The minimum absolute atomic E-state index is 0.812. The molecular formula is C13H20. The Morgan fingerprint density at radius 1 is 1.15 bits per heavy atom. The van der Waals surface area contributed by atoms with Crippen LogP contribution in [0.5, 0.6) is 0 Å². The van der Waals surface area contributed by atoms with Crippen molar-refractivity contribution >= 4 is 0 Å². The molecule has 0 aromatic heterocycles. The van der Waals surface area contributed by atoms with Gasteiger partial charge in [0.05, 0.1) is 0 Å². The molecule has 0 fully saturated rings. The number of rotatable bonds is 4. The summed E-state index contributed by atoms with van der Waals surface area (Å²) in [5, 5.41) is 0. The topological polar surface area (TPSA) is 0 Å². The highest BCUT2D eigenvalue weighted by Crippen LogP contribution is 2.13. The Balaban J connectivity index is 2.66. The van der Waals surface area contributed by atoms with E-state index in [0.29, 0.717) is 0 Å². The molecule has 1 rings (SSSR count). The van der Waals surface area contributed by atoms with E-state index in [9.17, 15) is 0 Å². The van der Waals surface area contributed by atoms with E-state index in [1.54, 1.807) is 0 Å². The van der Waals surface area contributed by atoms with Gasteiger partial charge in [0.2, 0.25) is 0 Å². The van der Waals surface area contributed by atoms with Crippen molar-refractivity contribution in [2.45, 2.75) is 40.0 Å². The van der Waals surface area contributed by atoms with Crippen molar-refractivity contribution in [1.29, 1.82) is 0 Å². The van der Waals surface area contributed by atoms with Gasteiger partial charge >= 0.3 is 0 Å². The van der Waals surface area contributed by atoms with Crippen LogP contribution in [0.3, 0.4) is 0 Å². The van der Waals surface area contributed by atoms with Gasteiger partial charge in [-0.3, -0.25) is 0 Å². The average molecular weight is 176 g/mol. The van der Waals surface area contributed by atoms with Crippen molar-refractivity contribution < 1.29 is 0 Å². The van der Waals surface area contributed by atoms with E-state index in [1.807, 2.05) is 0 Å². The van der Waals surface area contributed by atoms with E-state index >= 15 is 0 Å². The Labute approximate surface area is 82.0 Å². The monoisotopic (exact) mass is 176 g/mol. The van der Waals surface area contributed by atoms with E-state index in [1.165, 1.54) is 24.0 Å². The lowest BCUT2D eigenvalue weighted by Crippen LogP contribution is -1.98.